The molecule has 19 heavy (non-hydrogen) atoms. The molecule has 2 rings (SSSR count). The molecule has 1 fully saturated rings. The molecule has 104 valence electrons. The van der Waals surface area contributed by atoms with Crippen molar-refractivity contribution < 1.29 is 4.79 Å². The third-order valence-electron chi connectivity index (χ3n) is 3.81. The van der Waals surface area contributed by atoms with Crippen LogP contribution in [0.2, 0.25) is 5.02 Å². The molecule has 0 aliphatic heterocycles. The Balaban J connectivity index is 1.95. The van der Waals surface area contributed by atoms with Crippen molar-refractivity contribution in [3.05, 3.63) is 28.8 Å². The highest BCUT2D eigenvalue weighted by molar-refractivity contribution is 6.33. The summed E-state index contributed by atoms with van der Waals surface area (Å²) in [5.41, 5.74) is 7.84. The van der Waals surface area contributed by atoms with Crippen LogP contribution in [0.3, 0.4) is 0 Å². The van der Waals surface area contributed by atoms with Crippen LogP contribution in [0.4, 0.5) is 5.69 Å². The van der Waals surface area contributed by atoms with Crippen LogP contribution >= 0.6 is 11.6 Å². The van der Waals surface area contributed by atoms with Gasteiger partial charge < -0.3 is 11.1 Å². The van der Waals surface area contributed by atoms with Crippen molar-refractivity contribution in [1.29, 1.82) is 0 Å². The molecular weight excluding hydrogens is 260 g/mol. The van der Waals surface area contributed by atoms with E-state index in [0.29, 0.717) is 23.0 Å². The van der Waals surface area contributed by atoms with Crippen LogP contribution in [-0.4, -0.2) is 11.9 Å². The lowest BCUT2D eigenvalue weighted by molar-refractivity contribution is -0.117. The Morgan fingerprint density at radius 2 is 2.16 bits per heavy atom. The second-order valence-electron chi connectivity index (χ2n) is 5.44. The van der Waals surface area contributed by atoms with Gasteiger partial charge in [0, 0.05) is 12.5 Å². The molecule has 2 atom stereocenters. The van der Waals surface area contributed by atoms with Crippen LogP contribution in [0.15, 0.2) is 18.2 Å². The van der Waals surface area contributed by atoms with Gasteiger partial charge in [-0.05, 0) is 43.4 Å². The van der Waals surface area contributed by atoms with Crippen molar-refractivity contribution in [1.82, 2.24) is 0 Å². The maximum absolute atomic E-state index is 12.1. The normalized spacial score (nSPS) is 23.1. The van der Waals surface area contributed by atoms with E-state index in [-0.39, 0.29) is 11.9 Å². The number of aryl methyl sites for hydroxylation is 1. The lowest BCUT2D eigenvalue weighted by atomic mass is 9.83. The summed E-state index contributed by atoms with van der Waals surface area (Å²) in [6.45, 7) is 1.98. The van der Waals surface area contributed by atoms with Gasteiger partial charge in [0.05, 0.1) is 10.7 Å². The van der Waals surface area contributed by atoms with Crippen LogP contribution in [0.1, 0.15) is 37.7 Å². The standard InChI is InChI=1S/C15H21ClN2O/c1-10-6-7-12(16)14(8-10)18-15(19)9-11-4-2-3-5-13(11)17/h6-8,11,13H,2-5,9,17H2,1H3,(H,18,19). The SMILES string of the molecule is Cc1ccc(Cl)c(NC(=O)CC2CCCCC2N)c1. The smallest absolute Gasteiger partial charge is 0.224 e. The molecule has 1 aliphatic carbocycles. The van der Waals surface area contributed by atoms with Crippen LogP contribution in [0.5, 0.6) is 0 Å². The van der Waals surface area contributed by atoms with E-state index in [1.54, 1.807) is 6.07 Å². The summed E-state index contributed by atoms with van der Waals surface area (Å²) in [5.74, 6) is 0.312. The Labute approximate surface area is 119 Å². The summed E-state index contributed by atoms with van der Waals surface area (Å²) in [7, 11) is 0. The largest absolute Gasteiger partial charge is 0.327 e. The summed E-state index contributed by atoms with van der Waals surface area (Å²) >= 11 is 6.07. The minimum atomic E-state index is 0.00912. The fourth-order valence-corrected chi connectivity index (χ4v) is 2.83. The minimum Gasteiger partial charge on any atom is -0.327 e. The number of amides is 1. The van der Waals surface area contributed by atoms with Gasteiger partial charge in [-0.3, -0.25) is 4.79 Å². The topological polar surface area (TPSA) is 55.1 Å². The molecule has 1 aromatic rings. The summed E-state index contributed by atoms with van der Waals surface area (Å²) in [6, 6.07) is 5.78. The fraction of sp³-hybridized carbons (Fsp3) is 0.533. The predicted octanol–water partition coefficient (Wildman–Crippen LogP) is 3.49. The van der Waals surface area contributed by atoms with Gasteiger partial charge >= 0.3 is 0 Å². The molecule has 1 aromatic carbocycles. The minimum absolute atomic E-state index is 0.00912. The Morgan fingerprint density at radius 1 is 1.42 bits per heavy atom. The van der Waals surface area contributed by atoms with Crippen molar-refractivity contribution in [2.24, 2.45) is 11.7 Å². The van der Waals surface area contributed by atoms with E-state index in [0.717, 1.165) is 18.4 Å². The lowest BCUT2D eigenvalue weighted by Gasteiger charge is -2.28. The number of nitrogens with one attached hydrogen (secondary N) is 1. The van der Waals surface area contributed by atoms with Crippen molar-refractivity contribution in [2.45, 2.75) is 45.1 Å². The number of nitrogens with two attached hydrogens (primary N) is 1. The molecule has 3 nitrogen and oxygen atoms in total. The van der Waals surface area contributed by atoms with Gasteiger partial charge in [0.25, 0.3) is 0 Å². The fourth-order valence-electron chi connectivity index (χ4n) is 2.66. The molecule has 1 amide bonds. The number of benzene rings is 1. The summed E-state index contributed by atoms with van der Waals surface area (Å²) < 4.78 is 0. The zero-order valence-corrected chi connectivity index (χ0v) is 12.0. The van der Waals surface area contributed by atoms with E-state index < -0.39 is 0 Å². The summed E-state index contributed by atoms with van der Waals surface area (Å²) in [6.07, 6.45) is 4.94. The zero-order valence-electron chi connectivity index (χ0n) is 11.3. The van der Waals surface area contributed by atoms with Gasteiger partial charge in [-0.25, -0.2) is 0 Å². The van der Waals surface area contributed by atoms with Crippen LogP contribution < -0.4 is 11.1 Å². The molecule has 0 heterocycles. The van der Waals surface area contributed by atoms with Gasteiger partial charge in [0.15, 0.2) is 0 Å². The van der Waals surface area contributed by atoms with Gasteiger partial charge in [-0.1, -0.05) is 30.5 Å². The molecule has 0 radical (unpaired) electrons. The predicted molar refractivity (Wildman–Crippen MR) is 79.4 cm³/mol. The van der Waals surface area contributed by atoms with Gasteiger partial charge in [0.1, 0.15) is 0 Å². The first-order valence-electron chi connectivity index (χ1n) is 6.88. The van der Waals surface area contributed by atoms with Crippen molar-refractivity contribution in [3.8, 4) is 0 Å². The highest BCUT2D eigenvalue weighted by atomic mass is 35.5. The molecule has 4 heteroatoms. The quantitative estimate of drug-likeness (QED) is 0.890. The maximum Gasteiger partial charge on any atom is 0.224 e. The highest BCUT2D eigenvalue weighted by Gasteiger charge is 2.24. The van der Waals surface area contributed by atoms with E-state index in [1.165, 1.54) is 12.8 Å². The monoisotopic (exact) mass is 280 g/mol. The van der Waals surface area contributed by atoms with E-state index >= 15 is 0 Å². The van der Waals surface area contributed by atoms with E-state index in [2.05, 4.69) is 5.32 Å². The Bertz CT molecular complexity index is 461. The molecule has 0 spiro atoms. The number of carbonyl (C=O) groups is 1. The first kappa shape index (κ1) is 14.4. The lowest BCUT2D eigenvalue weighted by Crippen LogP contribution is -2.35. The van der Waals surface area contributed by atoms with Gasteiger partial charge in [-0.15, -0.1) is 0 Å². The van der Waals surface area contributed by atoms with Crippen molar-refractivity contribution in [3.63, 3.8) is 0 Å². The Kier molecular flexibility index (Phi) is 4.83. The number of halogens is 1. The molecule has 0 bridgehead atoms. The first-order valence-corrected chi connectivity index (χ1v) is 7.25. The molecule has 0 aromatic heterocycles. The average molecular weight is 281 g/mol. The number of rotatable bonds is 3. The Hall–Kier alpha value is -1.06. The number of hydrogen-bond donors (Lipinski definition) is 2. The van der Waals surface area contributed by atoms with Crippen molar-refractivity contribution in [2.75, 3.05) is 5.32 Å². The van der Waals surface area contributed by atoms with Crippen LogP contribution in [0.25, 0.3) is 0 Å². The molecular formula is C15H21ClN2O. The average Bonchev–Trinajstić information content (AvgIpc) is 2.37. The molecule has 1 aliphatic rings. The molecule has 3 N–H and O–H groups in total. The zero-order chi connectivity index (χ0) is 13.8. The first-order chi connectivity index (χ1) is 9.06. The molecule has 1 saturated carbocycles. The second-order valence-corrected chi connectivity index (χ2v) is 5.85. The van der Waals surface area contributed by atoms with E-state index in [1.807, 2.05) is 19.1 Å². The van der Waals surface area contributed by atoms with Gasteiger partial charge in [0.2, 0.25) is 5.91 Å². The third-order valence-corrected chi connectivity index (χ3v) is 4.14. The summed E-state index contributed by atoms with van der Waals surface area (Å²) in [4.78, 5) is 12.1. The van der Waals surface area contributed by atoms with Crippen molar-refractivity contribution >= 4 is 23.2 Å². The maximum atomic E-state index is 12.1. The third kappa shape index (κ3) is 3.95. The number of carbonyl (C=O) groups excluding carboxylic acids is 1. The summed E-state index contributed by atoms with van der Waals surface area (Å²) in [5, 5.41) is 3.47. The number of hydrogen-bond acceptors (Lipinski definition) is 2. The van der Waals surface area contributed by atoms with Gasteiger partial charge in [-0.2, -0.15) is 0 Å². The Morgan fingerprint density at radius 3 is 2.89 bits per heavy atom. The highest BCUT2D eigenvalue weighted by Crippen LogP contribution is 2.27. The second kappa shape index (κ2) is 6.40. The molecule has 0 saturated heterocycles. The van der Waals surface area contributed by atoms with Crippen LogP contribution in [0, 0.1) is 12.8 Å². The van der Waals surface area contributed by atoms with Crippen LogP contribution in [-0.2, 0) is 4.79 Å². The number of anilines is 1. The molecule has 2 unspecified atom stereocenters. The van der Waals surface area contributed by atoms with E-state index in [4.69, 9.17) is 17.3 Å². The van der Waals surface area contributed by atoms with E-state index in [9.17, 15) is 4.79 Å².